The average molecular weight is 542 g/mol. The molecule has 0 fully saturated rings. The van der Waals surface area contributed by atoms with Crippen LogP contribution in [0.1, 0.15) is 11.1 Å². The zero-order valence-corrected chi connectivity index (χ0v) is 20.7. The van der Waals surface area contributed by atoms with Crippen molar-refractivity contribution in [2.24, 2.45) is 10.7 Å². The summed E-state index contributed by atoms with van der Waals surface area (Å²) < 4.78 is 41.1. The maximum Gasteiger partial charge on any atom is 0.321 e. The van der Waals surface area contributed by atoms with Crippen LogP contribution in [0, 0.1) is 23.0 Å². The molecule has 3 aromatic rings. The highest BCUT2D eigenvalue weighted by molar-refractivity contribution is 7.99. The van der Waals surface area contributed by atoms with Gasteiger partial charge in [-0.1, -0.05) is 0 Å². The number of pyridine rings is 1. The van der Waals surface area contributed by atoms with E-state index in [2.05, 4.69) is 9.98 Å². The van der Waals surface area contributed by atoms with Crippen LogP contribution in [0.3, 0.4) is 0 Å². The summed E-state index contributed by atoms with van der Waals surface area (Å²) in [4.78, 5) is 21.6. The minimum atomic E-state index is -1.27. The largest absolute Gasteiger partial charge is 0.504 e. The fourth-order valence-electron chi connectivity index (χ4n) is 3.42. The molecule has 1 aromatic heterocycles. The lowest BCUT2D eigenvalue weighted by Crippen LogP contribution is -2.32. The third-order valence-corrected chi connectivity index (χ3v) is 6.52. The molecule has 0 spiro atoms. The third kappa shape index (κ3) is 5.77. The highest BCUT2D eigenvalue weighted by Crippen LogP contribution is 2.38. The summed E-state index contributed by atoms with van der Waals surface area (Å²) in [6.07, 6.45) is 0.704. The molecule has 0 bridgehead atoms. The number of phenols is 1. The molecule has 38 heavy (non-hydrogen) atoms. The number of carboxylic acids is 1. The normalized spacial score (nSPS) is 13.6. The number of ether oxygens (including phenoxy) is 2. The summed E-state index contributed by atoms with van der Waals surface area (Å²) in [5, 5.41) is 28.1. The Morgan fingerprint density at radius 1 is 1.26 bits per heavy atom. The van der Waals surface area contributed by atoms with E-state index in [1.165, 1.54) is 36.0 Å². The molecule has 1 unspecified atom stereocenters. The van der Waals surface area contributed by atoms with Crippen LogP contribution < -0.4 is 15.2 Å². The standard InChI is InChI=1S/C25H21F2N5O5S/c1-32-7-6-30-23(32)15-9-14(38-12-17(29)25(34)35)3-5-19(15)36-22-16(26)11-31-24(21(22)27)37-20-8-13(10-28)2-4-18(20)33/h2-5,8-9,11,17,33H,6-7,12,29H2,1H3,(H,34,35). The summed E-state index contributed by atoms with van der Waals surface area (Å²) >= 11 is 1.20. The summed E-state index contributed by atoms with van der Waals surface area (Å²) in [6, 6.07) is 9.28. The number of halogens is 2. The van der Waals surface area contributed by atoms with E-state index in [-0.39, 0.29) is 28.6 Å². The van der Waals surface area contributed by atoms with E-state index in [0.29, 0.717) is 35.6 Å². The molecule has 1 atom stereocenters. The molecule has 196 valence electrons. The Balaban J connectivity index is 1.68. The lowest BCUT2D eigenvalue weighted by Gasteiger charge is -2.19. The number of carboxylic acid groups (broad SMARTS) is 1. The Morgan fingerprint density at radius 2 is 2.05 bits per heavy atom. The van der Waals surface area contributed by atoms with Gasteiger partial charge in [-0.05, 0) is 30.3 Å². The van der Waals surface area contributed by atoms with Crippen LogP contribution in [0.15, 0.2) is 52.5 Å². The van der Waals surface area contributed by atoms with Crippen molar-refractivity contribution < 1.29 is 33.3 Å². The molecule has 0 saturated carbocycles. The summed E-state index contributed by atoms with van der Waals surface area (Å²) in [5.74, 6) is -4.93. The summed E-state index contributed by atoms with van der Waals surface area (Å²) in [7, 11) is 1.80. The molecule has 2 heterocycles. The summed E-state index contributed by atoms with van der Waals surface area (Å²) in [6.45, 7) is 1.13. The van der Waals surface area contributed by atoms with Crippen LogP contribution in [-0.2, 0) is 4.79 Å². The topological polar surface area (TPSA) is 154 Å². The van der Waals surface area contributed by atoms with Gasteiger partial charge in [0.05, 0.1) is 29.9 Å². The Kier molecular flexibility index (Phi) is 7.94. The van der Waals surface area contributed by atoms with E-state index in [4.69, 9.17) is 25.6 Å². The first-order valence-electron chi connectivity index (χ1n) is 11.1. The number of aromatic nitrogens is 1. The fourth-order valence-corrected chi connectivity index (χ4v) is 4.30. The average Bonchev–Trinajstić information content (AvgIpc) is 3.33. The molecule has 13 heteroatoms. The zero-order valence-electron chi connectivity index (χ0n) is 19.9. The predicted molar refractivity (Wildman–Crippen MR) is 134 cm³/mol. The van der Waals surface area contributed by atoms with Gasteiger partial charge in [-0.15, -0.1) is 11.8 Å². The molecule has 10 nitrogen and oxygen atoms in total. The van der Waals surface area contributed by atoms with Crippen LogP contribution in [0.25, 0.3) is 0 Å². The number of rotatable bonds is 9. The van der Waals surface area contributed by atoms with E-state index in [9.17, 15) is 14.3 Å². The second-order valence-corrected chi connectivity index (χ2v) is 9.19. The van der Waals surface area contributed by atoms with Crippen LogP contribution >= 0.6 is 11.8 Å². The molecule has 1 aliphatic heterocycles. The van der Waals surface area contributed by atoms with E-state index >= 15 is 4.39 Å². The lowest BCUT2D eigenvalue weighted by atomic mass is 10.1. The van der Waals surface area contributed by atoms with E-state index in [1.807, 2.05) is 11.0 Å². The molecular formula is C25H21F2N5O5S. The number of nitrogens with zero attached hydrogens (tertiary/aromatic N) is 4. The van der Waals surface area contributed by atoms with Crippen LogP contribution in [0.4, 0.5) is 8.78 Å². The maximum atomic E-state index is 15.4. The number of aliphatic carboxylic acids is 1. The lowest BCUT2D eigenvalue weighted by molar-refractivity contribution is -0.137. The van der Waals surface area contributed by atoms with Crippen LogP contribution in [0.5, 0.6) is 28.9 Å². The van der Waals surface area contributed by atoms with E-state index in [0.717, 1.165) is 0 Å². The van der Waals surface area contributed by atoms with Crippen molar-refractivity contribution in [2.45, 2.75) is 10.9 Å². The van der Waals surface area contributed by atoms with Crippen molar-refractivity contribution in [1.82, 2.24) is 9.88 Å². The highest BCUT2D eigenvalue weighted by Gasteiger charge is 2.25. The van der Waals surface area contributed by atoms with Gasteiger partial charge in [-0.3, -0.25) is 9.79 Å². The van der Waals surface area contributed by atoms with E-state index < -0.39 is 35.3 Å². The van der Waals surface area contributed by atoms with Gasteiger partial charge >= 0.3 is 5.97 Å². The van der Waals surface area contributed by atoms with Crippen molar-refractivity contribution in [1.29, 1.82) is 5.26 Å². The van der Waals surface area contributed by atoms with Gasteiger partial charge in [0.15, 0.2) is 17.3 Å². The second-order valence-electron chi connectivity index (χ2n) is 8.09. The van der Waals surface area contributed by atoms with Crippen molar-refractivity contribution in [3.8, 4) is 34.9 Å². The van der Waals surface area contributed by atoms with Gasteiger partial charge in [-0.2, -0.15) is 9.65 Å². The number of aromatic hydroxyl groups is 1. The monoisotopic (exact) mass is 541 g/mol. The minimum Gasteiger partial charge on any atom is -0.504 e. The first-order chi connectivity index (χ1) is 18.2. The fraction of sp³-hybridized carbons (Fsp3) is 0.200. The number of hydrogen-bond acceptors (Lipinski definition) is 10. The summed E-state index contributed by atoms with van der Waals surface area (Å²) in [5.41, 5.74) is 6.17. The van der Waals surface area contributed by atoms with Gasteiger partial charge < -0.3 is 30.3 Å². The number of carbonyl (C=O) groups is 1. The van der Waals surface area contributed by atoms with Crippen molar-refractivity contribution in [2.75, 3.05) is 25.9 Å². The van der Waals surface area contributed by atoms with Crippen molar-refractivity contribution in [3.05, 3.63) is 65.4 Å². The van der Waals surface area contributed by atoms with Gasteiger partial charge in [-0.25, -0.2) is 9.37 Å². The van der Waals surface area contributed by atoms with Crippen LogP contribution in [0.2, 0.25) is 0 Å². The molecule has 4 N–H and O–H groups in total. The maximum absolute atomic E-state index is 15.4. The van der Waals surface area contributed by atoms with E-state index in [1.54, 1.807) is 19.2 Å². The smallest absolute Gasteiger partial charge is 0.321 e. The molecular weight excluding hydrogens is 520 g/mol. The van der Waals surface area contributed by atoms with Gasteiger partial charge in [0.1, 0.15) is 17.6 Å². The number of nitrogens with two attached hydrogens (primary N) is 1. The quantitative estimate of drug-likeness (QED) is 0.342. The molecule has 0 aliphatic carbocycles. The number of hydrogen-bond donors (Lipinski definition) is 3. The van der Waals surface area contributed by atoms with Gasteiger partial charge in [0.25, 0.3) is 5.88 Å². The molecule has 2 aromatic carbocycles. The SMILES string of the molecule is CN1CCN=C1c1cc(SCC(N)C(=O)O)ccc1Oc1c(F)cnc(Oc2cc(C#N)ccc2O)c1F. The predicted octanol–water partition coefficient (Wildman–Crippen LogP) is 3.72. The number of thioether (sulfide) groups is 1. The zero-order chi connectivity index (χ0) is 27.4. The number of nitriles is 1. The Bertz CT molecular complexity index is 1460. The molecule has 0 amide bonds. The van der Waals surface area contributed by atoms with Crippen LogP contribution in [-0.4, -0.2) is 63.8 Å². The third-order valence-electron chi connectivity index (χ3n) is 5.40. The Labute approximate surface area is 219 Å². The molecule has 0 radical (unpaired) electrons. The molecule has 4 rings (SSSR count). The Morgan fingerprint density at radius 3 is 2.74 bits per heavy atom. The molecule has 0 saturated heterocycles. The number of benzene rings is 2. The van der Waals surface area contributed by atoms with Gasteiger partial charge in [0, 0.05) is 30.3 Å². The number of amidine groups is 1. The number of likely N-dealkylation sites (N-methyl/N-ethyl adjacent to an activating group) is 1. The first kappa shape index (κ1) is 26.6. The second kappa shape index (κ2) is 11.3. The first-order valence-corrected chi connectivity index (χ1v) is 12.1. The van der Waals surface area contributed by atoms with Crippen molar-refractivity contribution >= 4 is 23.6 Å². The Hall–Kier alpha value is -4.41. The number of aliphatic imine (C=N–C) groups is 1. The number of phenolic OH excluding ortho intramolecular Hbond substituents is 1. The van der Waals surface area contributed by atoms with Crippen molar-refractivity contribution in [3.63, 3.8) is 0 Å². The highest BCUT2D eigenvalue weighted by atomic mass is 32.2. The van der Waals surface area contributed by atoms with Gasteiger partial charge in [0.2, 0.25) is 11.6 Å². The molecule has 1 aliphatic rings. The minimum absolute atomic E-state index is 0.0775.